The Hall–Kier alpha value is -0.730. The van der Waals surface area contributed by atoms with Gasteiger partial charge in [0.25, 0.3) is 0 Å². The molecule has 0 bridgehead atoms. The van der Waals surface area contributed by atoms with Gasteiger partial charge in [-0.25, -0.2) is 0 Å². The lowest BCUT2D eigenvalue weighted by atomic mass is 9.86. The fourth-order valence-corrected chi connectivity index (χ4v) is 2.86. The van der Waals surface area contributed by atoms with Crippen molar-refractivity contribution in [2.45, 2.75) is 57.8 Å². The molecule has 2 rings (SSSR count). The van der Waals surface area contributed by atoms with Gasteiger partial charge in [0.15, 0.2) is 5.96 Å². The third kappa shape index (κ3) is 5.28. The number of aliphatic imine (C=N–C) groups is 1. The molecule has 0 heterocycles. The first-order chi connectivity index (χ1) is 8.88. The van der Waals surface area contributed by atoms with Crippen LogP contribution in [0.15, 0.2) is 4.99 Å². The van der Waals surface area contributed by atoms with E-state index in [0.29, 0.717) is 0 Å². The summed E-state index contributed by atoms with van der Waals surface area (Å²) in [5, 5.41) is 6.84. The van der Waals surface area contributed by atoms with Crippen molar-refractivity contribution in [2.24, 2.45) is 16.8 Å². The van der Waals surface area contributed by atoms with Crippen molar-refractivity contribution in [2.75, 3.05) is 20.1 Å². The second-order valence-electron chi connectivity index (χ2n) is 5.97. The molecule has 18 heavy (non-hydrogen) atoms. The average Bonchev–Trinajstić information content (AvgIpc) is 3.23. The predicted octanol–water partition coefficient (Wildman–Crippen LogP) is 2.92. The van der Waals surface area contributed by atoms with E-state index in [1.807, 2.05) is 7.05 Å². The predicted molar refractivity (Wildman–Crippen MR) is 77.9 cm³/mol. The molecule has 104 valence electrons. The summed E-state index contributed by atoms with van der Waals surface area (Å²) >= 11 is 0. The van der Waals surface area contributed by atoms with Crippen LogP contribution in [0.4, 0.5) is 0 Å². The van der Waals surface area contributed by atoms with Gasteiger partial charge in [-0.05, 0) is 37.5 Å². The summed E-state index contributed by atoms with van der Waals surface area (Å²) in [6.45, 7) is 2.17. The van der Waals surface area contributed by atoms with Crippen LogP contribution in [0, 0.1) is 11.8 Å². The van der Waals surface area contributed by atoms with Crippen molar-refractivity contribution in [1.82, 2.24) is 10.6 Å². The molecule has 2 aliphatic carbocycles. The zero-order chi connectivity index (χ0) is 12.6. The normalized spacial score (nSPS) is 21.9. The molecule has 0 amide bonds. The molecule has 0 atom stereocenters. The van der Waals surface area contributed by atoms with Gasteiger partial charge in [-0.1, -0.05) is 32.1 Å². The van der Waals surface area contributed by atoms with Crippen LogP contribution >= 0.6 is 0 Å². The van der Waals surface area contributed by atoms with Gasteiger partial charge in [-0.15, -0.1) is 0 Å². The van der Waals surface area contributed by atoms with Crippen LogP contribution in [-0.2, 0) is 0 Å². The van der Waals surface area contributed by atoms with E-state index in [0.717, 1.165) is 30.9 Å². The van der Waals surface area contributed by atoms with Gasteiger partial charge in [-0.3, -0.25) is 4.99 Å². The van der Waals surface area contributed by atoms with E-state index in [2.05, 4.69) is 15.6 Å². The zero-order valence-corrected chi connectivity index (χ0v) is 11.9. The van der Waals surface area contributed by atoms with Crippen molar-refractivity contribution in [3.63, 3.8) is 0 Å². The summed E-state index contributed by atoms with van der Waals surface area (Å²) in [5.41, 5.74) is 0. The van der Waals surface area contributed by atoms with Crippen molar-refractivity contribution < 1.29 is 0 Å². The Labute approximate surface area is 112 Å². The van der Waals surface area contributed by atoms with E-state index in [1.54, 1.807) is 0 Å². The van der Waals surface area contributed by atoms with Gasteiger partial charge in [0.1, 0.15) is 0 Å². The maximum atomic E-state index is 4.27. The average molecular weight is 251 g/mol. The maximum absolute atomic E-state index is 4.27. The lowest BCUT2D eigenvalue weighted by molar-refractivity contribution is 0.332. The van der Waals surface area contributed by atoms with Crippen LogP contribution in [-0.4, -0.2) is 26.1 Å². The molecular weight excluding hydrogens is 222 g/mol. The second-order valence-corrected chi connectivity index (χ2v) is 5.97. The first kappa shape index (κ1) is 13.7. The van der Waals surface area contributed by atoms with Crippen LogP contribution in [0.1, 0.15) is 57.8 Å². The van der Waals surface area contributed by atoms with Gasteiger partial charge in [-0.2, -0.15) is 0 Å². The number of guanidine groups is 1. The molecule has 3 nitrogen and oxygen atoms in total. The van der Waals surface area contributed by atoms with Gasteiger partial charge in [0, 0.05) is 20.1 Å². The molecule has 2 N–H and O–H groups in total. The number of hydrogen-bond acceptors (Lipinski definition) is 1. The molecule has 0 spiro atoms. The first-order valence-electron chi connectivity index (χ1n) is 7.83. The lowest BCUT2D eigenvalue weighted by Gasteiger charge is -2.21. The van der Waals surface area contributed by atoms with E-state index in [9.17, 15) is 0 Å². The van der Waals surface area contributed by atoms with Crippen molar-refractivity contribution in [3.8, 4) is 0 Å². The molecule has 0 saturated heterocycles. The van der Waals surface area contributed by atoms with Crippen LogP contribution < -0.4 is 10.6 Å². The minimum atomic E-state index is 0.908. The Morgan fingerprint density at radius 3 is 2.44 bits per heavy atom. The number of hydrogen-bond donors (Lipinski definition) is 2. The smallest absolute Gasteiger partial charge is 0.190 e. The molecular formula is C15H29N3. The Morgan fingerprint density at radius 1 is 1.00 bits per heavy atom. The summed E-state index contributed by atoms with van der Waals surface area (Å²) in [6, 6.07) is 0. The Bertz CT molecular complexity index is 252. The molecule has 0 radical (unpaired) electrons. The third-order valence-corrected chi connectivity index (χ3v) is 4.29. The summed E-state index contributed by atoms with van der Waals surface area (Å²) in [4.78, 5) is 4.27. The quantitative estimate of drug-likeness (QED) is 0.432. The van der Waals surface area contributed by atoms with E-state index >= 15 is 0 Å². The van der Waals surface area contributed by atoms with Gasteiger partial charge < -0.3 is 10.6 Å². The number of nitrogens with zero attached hydrogens (tertiary/aromatic N) is 1. The Balaban J connectivity index is 1.49. The van der Waals surface area contributed by atoms with Crippen LogP contribution in [0.3, 0.4) is 0 Å². The van der Waals surface area contributed by atoms with Gasteiger partial charge in [0.05, 0.1) is 0 Å². The number of rotatable bonds is 6. The van der Waals surface area contributed by atoms with E-state index in [4.69, 9.17) is 0 Å². The molecule has 2 saturated carbocycles. The Kier molecular flexibility index (Phi) is 5.82. The highest BCUT2D eigenvalue weighted by Gasteiger charge is 2.21. The standard InChI is InChI=1S/C15H29N3/c1-16-15(18-12-14-9-10-14)17-11-5-8-13-6-3-2-4-7-13/h13-14H,2-12H2,1H3,(H2,16,17,18). The van der Waals surface area contributed by atoms with E-state index < -0.39 is 0 Å². The molecule has 2 fully saturated rings. The molecule has 2 aliphatic rings. The molecule has 3 heteroatoms. The van der Waals surface area contributed by atoms with Crippen LogP contribution in [0.2, 0.25) is 0 Å². The molecule has 0 aromatic heterocycles. The SMILES string of the molecule is CN=C(NCCCC1CCCCC1)NCC1CC1. The lowest BCUT2D eigenvalue weighted by Crippen LogP contribution is -2.38. The Morgan fingerprint density at radius 2 is 1.78 bits per heavy atom. The zero-order valence-electron chi connectivity index (χ0n) is 11.9. The van der Waals surface area contributed by atoms with Crippen LogP contribution in [0.25, 0.3) is 0 Å². The summed E-state index contributed by atoms with van der Waals surface area (Å²) in [5.74, 6) is 2.90. The number of nitrogens with one attached hydrogen (secondary N) is 2. The summed E-state index contributed by atoms with van der Waals surface area (Å²) in [7, 11) is 1.86. The van der Waals surface area contributed by atoms with E-state index in [-0.39, 0.29) is 0 Å². The second kappa shape index (κ2) is 7.65. The fourth-order valence-electron chi connectivity index (χ4n) is 2.86. The van der Waals surface area contributed by atoms with Crippen molar-refractivity contribution >= 4 is 5.96 Å². The van der Waals surface area contributed by atoms with E-state index in [1.165, 1.54) is 57.8 Å². The minimum Gasteiger partial charge on any atom is -0.356 e. The largest absolute Gasteiger partial charge is 0.356 e. The van der Waals surface area contributed by atoms with Gasteiger partial charge >= 0.3 is 0 Å². The highest BCUT2D eigenvalue weighted by atomic mass is 15.2. The van der Waals surface area contributed by atoms with Crippen molar-refractivity contribution in [1.29, 1.82) is 0 Å². The monoisotopic (exact) mass is 251 g/mol. The van der Waals surface area contributed by atoms with Crippen molar-refractivity contribution in [3.05, 3.63) is 0 Å². The third-order valence-electron chi connectivity index (χ3n) is 4.29. The maximum Gasteiger partial charge on any atom is 0.190 e. The highest BCUT2D eigenvalue weighted by Crippen LogP contribution is 2.27. The molecule has 0 aromatic carbocycles. The van der Waals surface area contributed by atoms with Crippen LogP contribution in [0.5, 0.6) is 0 Å². The minimum absolute atomic E-state index is 0.908. The fraction of sp³-hybridized carbons (Fsp3) is 0.933. The molecule has 0 aromatic rings. The summed E-state index contributed by atoms with van der Waals surface area (Å²) < 4.78 is 0. The topological polar surface area (TPSA) is 36.4 Å². The summed E-state index contributed by atoms with van der Waals surface area (Å²) in [6.07, 6.45) is 12.8. The molecule has 0 unspecified atom stereocenters. The van der Waals surface area contributed by atoms with Gasteiger partial charge in [0.2, 0.25) is 0 Å². The highest BCUT2D eigenvalue weighted by molar-refractivity contribution is 5.79. The molecule has 0 aliphatic heterocycles. The first-order valence-corrected chi connectivity index (χ1v) is 7.83.